The molecule has 0 aliphatic heterocycles. The van der Waals surface area contributed by atoms with Gasteiger partial charge in [0, 0.05) is 11.6 Å². The number of thioether (sulfide) groups is 1. The van der Waals surface area contributed by atoms with Crippen molar-refractivity contribution in [2.24, 2.45) is 0 Å². The van der Waals surface area contributed by atoms with Crippen molar-refractivity contribution in [1.29, 1.82) is 0 Å². The van der Waals surface area contributed by atoms with Crippen molar-refractivity contribution >= 4 is 29.3 Å². The highest BCUT2D eigenvalue weighted by molar-refractivity contribution is 7.99. The lowest BCUT2D eigenvalue weighted by Crippen LogP contribution is -2.29. The molecule has 1 aromatic heterocycles. The van der Waals surface area contributed by atoms with Crippen molar-refractivity contribution in [3.05, 3.63) is 59.6 Å². The summed E-state index contributed by atoms with van der Waals surface area (Å²) in [6, 6.07) is 17.6. The van der Waals surface area contributed by atoms with Gasteiger partial charge >= 0.3 is 0 Å². The number of para-hydroxylation sites is 1. The summed E-state index contributed by atoms with van der Waals surface area (Å²) in [7, 11) is 0. The van der Waals surface area contributed by atoms with Crippen molar-refractivity contribution in [3.63, 3.8) is 0 Å². The van der Waals surface area contributed by atoms with Gasteiger partial charge in [0.25, 0.3) is 0 Å². The maximum absolute atomic E-state index is 12.3. The normalized spacial score (nSPS) is 14.0. The molecule has 1 heterocycles. The second-order valence-corrected chi connectivity index (χ2v) is 8.74. The van der Waals surface area contributed by atoms with Crippen molar-refractivity contribution in [2.45, 2.75) is 36.9 Å². The Labute approximate surface area is 191 Å². The van der Waals surface area contributed by atoms with Crippen LogP contribution < -0.4 is 10.1 Å². The van der Waals surface area contributed by atoms with Crippen molar-refractivity contribution in [1.82, 2.24) is 20.1 Å². The van der Waals surface area contributed by atoms with Crippen LogP contribution in [0.3, 0.4) is 0 Å². The van der Waals surface area contributed by atoms with Crippen LogP contribution in [0.2, 0.25) is 5.02 Å². The molecule has 0 bridgehead atoms. The first kappa shape index (κ1) is 21.7. The fraction of sp³-hybridized carbons (Fsp3) is 0.348. The predicted molar refractivity (Wildman–Crippen MR) is 124 cm³/mol. The Kier molecular flexibility index (Phi) is 7.48. The third-order valence-corrected chi connectivity index (χ3v) is 6.51. The predicted octanol–water partition coefficient (Wildman–Crippen LogP) is 5.00. The summed E-state index contributed by atoms with van der Waals surface area (Å²) in [6.07, 6.45) is 4.56. The zero-order valence-corrected chi connectivity index (χ0v) is 18.7. The topological polar surface area (TPSA) is 69.0 Å². The van der Waals surface area contributed by atoms with E-state index in [0.717, 1.165) is 35.1 Å². The van der Waals surface area contributed by atoms with E-state index in [1.54, 1.807) is 0 Å². The van der Waals surface area contributed by atoms with Crippen LogP contribution in [0, 0.1) is 0 Å². The number of hydrogen-bond acceptors (Lipinski definition) is 5. The van der Waals surface area contributed by atoms with Crippen molar-refractivity contribution in [3.8, 4) is 17.1 Å². The van der Waals surface area contributed by atoms with Gasteiger partial charge in [0.2, 0.25) is 5.91 Å². The Morgan fingerprint density at radius 3 is 2.61 bits per heavy atom. The molecule has 6 nitrogen and oxygen atoms in total. The lowest BCUT2D eigenvalue weighted by atomic mass is 10.2. The lowest BCUT2D eigenvalue weighted by Gasteiger charge is -2.17. The number of carbonyl (C=O) groups excluding carboxylic acids is 1. The average Bonchev–Trinajstić information content (AvgIpc) is 3.46. The quantitative estimate of drug-likeness (QED) is 0.362. The molecule has 1 fully saturated rings. The van der Waals surface area contributed by atoms with Crippen LogP contribution in [-0.2, 0) is 4.79 Å². The molecule has 31 heavy (non-hydrogen) atoms. The number of hydrogen-bond donors (Lipinski definition) is 1. The Bertz CT molecular complexity index is 1010. The number of ether oxygens (including phenoxy) is 1. The van der Waals surface area contributed by atoms with E-state index in [-0.39, 0.29) is 11.7 Å². The van der Waals surface area contributed by atoms with Gasteiger partial charge in [0.15, 0.2) is 11.0 Å². The van der Waals surface area contributed by atoms with Gasteiger partial charge in [0.1, 0.15) is 12.4 Å². The fourth-order valence-electron chi connectivity index (χ4n) is 3.75. The Hall–Kier alpha value is -2.51. The molecule has 162 valence electrons. The van der Waals surface area contributed by atoms with Crippen LogP contribution in [0.25, 0.3) is 11.4 Å². The Morgan fingerprint density at radius 2 is 1.84 bits per heavy atom. The van der Waals surface area contributed by atoms with Crippen LogP contribution in [-0.4, -0.2) is 39.6 Å². The van der Waals surface area contributed by atoms with Crippen LogP contribution in [0.1, 0.15) is 31.7 Å². The maximum atomic E-state index is 12.3. The molecule has 3 aromatic rings. The van der Waals surface area contributed by atoms with Gasteiger partial charge in [-0.2, -0.15) is 0 Å². The van der Waals surface area contributed by atoms with E-state index in [4.69, 9.17) is 16.3 Å². The van der Waals surface area contributed by atoms with E-state index < -0.39 is 0 Å². The van der Waals surface area contributed by atoms with Gasteiger partial charge in [-0.15, -0.1) is 10.2 Å². The molecular formula is C23H25ClN4O2S. The van der Waals surface area contributed by atoms with Gasteiger partial charge in [-0.3, -0.25) is 9.36 Å². The second-order valence-electron chi connectivity index (χ2n) is 7.39. The summed E-state index contributed by atoms with van der Waals surface area (Å²) in [5, 5.41) is 13.1. The number of nitrogens with one attached hydrogen (secondary N) is 1. The molecule has 8 heteroatoms. The minimum atomic E-state index is -0.0538. The first-order valence-electron chi connectivity index (χ1n) is 10.5. The zero-order chi connectivity index (χ0) is 21.5. The third-order valence-electron chi connectivity index (χ3n) is 5.24. The first-order valence-corrected chi connectivity index (χ1v) is 11.9. The molecule has 0 saturated heterocycles. The molecule has 0 atom stereocenters. The maximum Gasteiger partial charge on any atom is 0.230 e. The van der Waals surface area contributed by atoms with Gasteiger partial charge in [-0.05, 0) is 37.1 Å². The molecule has 4 rings (SSSR count). The number of amides is 1. The zero-order valence-electron chi connectivity index (χ0n) is 17.2. The largest absolute Gasteiger partial charge is 0.492 e. The summed E-state index contributed by atoms with van der Waals surface area (Å²) in [4.78, 5) is 12.3. The molecule has 0 unspecified atom stereocenters. The second kappa shape index (κ2) is 10.7. The van der Waals surface area contributed by atoms with Crippen LogP contribution >= 0.6 is 23.4 Å². The summed E-state index contributed by atoms with van der Waals surface area (Å²) in [5.41, 5.74) is 0.873. The molecule has 1 aliphatic rings. The molecule has 1 saturated carbocycles. The summed E-state index contributed by atoms with van der Waals surface area (Å²) in [6.45, 7) is 0.879. The highest BCUT2D eigenvalue weighted by Crippen LogP contribution is 2.38. The molecule has 1 N–H and O–H groups in total. The van der Waals surface area contributed by atoms with E-state index in [1.807, 2.05) is 54.6 Å². The standard InChI is InChI=1S/C23H25ClN4O2S/c24-20-13-7-6-12-19(20)22-26-27-23(28(22)17-8-4-5-9-17)31-16-21(29)25-14-15-30-18-10-2-1-3-11-18/h1-3,6-7,10-13,17H,4-5,8-9,14-16H2,(H,25,29). The molecule has 1 amide bonds. The number of benzene rings is 2. The SMILES string of the molecule is O=C(CSc1nnc(-c2ccccc2Cl)n1C1CCCC1)NCCOc1ccccc1. The smallest absolute Gasteiger partial charge is 0.230 e. The van der Waals surface area contributed by atoms with E-state index in [2.05, 4.69) is 20.1 Å². The monoisotopic (exact) mass is 456 g/mol. The molecule has 2 aromatic carbocycles. The number of halogens is 1. The summed E-state index contributed by atoms with van der Waals surface area (Å²) < 4.78 is 7.78. The summed E-state index contributed by atoms with van der Waals surface area (Å²) >= 11 is 7.84. The highest BCUT2D eigenvalue weighted by atomic mass is 35.5. The van der Waals surface area contributed by atoms with Crippen LogP contribution in [0.15, 0.2) is 59.8 Å². The van der Waals surface area contributed by atoms with E-state index in [0.29, 0.717) is 24.2 Å². The number of rotatable bonds is 9. The van der Waals surface area contributed by atoms with Crippen LogP contribution in [0.5, 0.6) is 5.75 Å². The van der Waals surface area contributed by atoms with E-state index in [9.17, 15) is 4.79 Å². The minimum Gasteiger partial charge on any atom is -0.492 e. The summed E-state index contributed by atoms with van der Waals surface area (Å²) in [5.74, 6) is 1.79. The number of aromatic nitrogens is 3. The molecular weight excluding hydrogens is 432 g/mol. The minimum absolute atomic E-state index is 0.0538. The number of nitrogens with zero attached hydrogens (tertiary/aromatic N) is 3. The van der Waals surface area contributed by atoms with Gasteiger partial charge in [0.05, 0.1) is 17.3 Å². The number of carbonyl (C=O) groups is 1. The molecule has 1 aliphatic carbocycles. The van der Waals surface area contributed by atoms with Gasteiger partial charge in [-0.25, -0.2) is 0 Å². The highest BCUT2D eigenvalue weighted by Gasteiger charge is 2.26. The van der Waals surface area contributed by atoms with Gasteiger partial charge < -0.3 is 10.1 Å². The Morgan fingerprint density at radius 1 is 1.10 bits per heavy atom. The lowest BCUT2D eigenvalue weighted by molar-refractivity contribution is -0.118. The average molecular weight is 457 g/mol. The fourth-order valence-corrected chi connectivity index (χ4v) is 4.81. The Balaban J connectivity index is 1.36. The van der Waals surface area contributed by atoms with Gasteiger partial charge in [-0.1, -0.05) is 66.5 Å². The first-order chi connectivity index (χ1) is 15.2. The molecule has 0 spiro atoms. The van der Waals surface area contributed by atoms with Crippen molar-refractivity contribution < 1.29 is 9.53 Å². The van der Waals surface area contributed by atoms with E-state index >= 15 is 0 Å². The van der Waals surface area contributed by atoms with Crippen LogP contribution in [0.4, 0.5) is 0 Å². The third kappa shape index (κ3) is 5.60. The van der Waals surface area contributed by atoms with Crippen molar-refractivity contribution in [2.75, 3.05) is 18.9 Å². The molecule has 0 radical (unpaired) electrons. The van der Waals surface area contributed by atoms with E-state index in [1.165, 1.54) is 24.6 Å².